The van der Waals surface area contributed by atoms with Crippen LogP contribution in [0.1, 0.15) is 64.5 Å². The first kappa shape index (κ1) is 30.7. The minimum atomic E-state index is -0.860. The normalized spacial score (nSPS) is 13.5. The molecule has 0 heterocycles. The van der Waals surface area contributed by atoms with Gasteiger partial charge >= 0.3 is 0 Å². The Labute approximate surface area is 216 Å². The van der Waals surface area contributed by atoms with Crippen molar-refractivity contribution in [2.75, 3.05) is 11.5 Å². The highest BCUT2D eigenvalue weighted by Gasteiger charge is 2.23. The molecule has 10 heteroatoms. The van der Waals surface area contributed by atoms with Gasteiger partial charge in [0.1, 0.15) is 6.04 Å². The van der Waals surface area contributed by atoms with E-state index in [1.807, 2.05) is 19.1 Å². The third-order valence-electron chi connectivity index (χ3n) is 5.16. The third-order valence-corrected chi connectivity index (χ3v) is 7.25. The molecule has 0 fully saturated rings. The maximum Gasteiger partial charge on any atom is 0.240 e. The fourth-order valence-electron chi connectivity index (χ4n) is 3.36. The number of rotatable bonds is 14. The second-order valence-electron chi connectivity index (χ2n) is 8.88. The molecule has 1 aromatic rings. The lowest BCUT2D eigenvalue weighted by Crippen LogP contribution is -2.44. The van der Waals surface area contributed by atoms with Gasteiger partial charge in [-0.1, -0.05) is 68.6 Å². The van der Waals surface area contributed by atoms with E-state index in [0.717, 1.165) is 35.5 Å². The predicted molar refractivity (Wildman–Crippen MR) is 142 cm³/mol. The van der Waals surface area contributed by atoms with Gasteiger partial charge in [0.2, 0.25) is 22.8 Å². The first-order chi connectivity index (χ1) is 16.4. The van der Waals surface area contributed by atoms with Crippen LogP contribution in [0.2, 0.25) is 0 Å². The van der Waals surface area contributed by atoms with Crippen molar-refractivity contribution in [2.45, 2.75) is 71.9 Å². The average Bonchev–Trinajstić information content (AvgIpc) is 2.76. The molecule has 3 unspecified atom stereocenters. The zero-order valence-corrected chi connectivity index (χ0v) is 22.7. The van der Waals surface area contributed by atoms with E-state index in [1.165, 1.54) is 19.4 Å². The summed E-state index contributed by atoms with van der Waals surface area (Å²) in [5, 5.41) is 4.81. The first-order valence-corrected chi connectivity index (χ1v) is 13.6. The maximum atomic E-state index is 12.7. The van der Waals surface area contributed by atoms with E-state index in [-0.39, 0.29) is 40.1 Å². The lowest BCUT2D eigenvalue weighted by molar-refractivity contribution is -0.126. The standard InChI is InChI=1S/C25H37N3O5S2/c1-15(2)14-19-6-8-20(9-7-19)16(3)24(32)34-13-11-22(28-18(5)30)25(33)35-12-10-21(23(26)31)27-17(4)29/h6-9,15-16,21-22H,10-14H2,1-5H3,(H2,26,31)(H,27,29)(H,28,30). The number of hydrogen-bond donors (Lipinski definition) is 3. The Morgan fingerprint density at radius 2 is 1.29 bits per heavy atom. The van der Waals surface area contributed by atoms with Crippen LogP contribution in [0.3, 0.4) is 0 Å². The largest absolute Gasteiger partial charge is 0.368 e. The molecular formula is C25H37N3O5S2. The molecule has 0 aliphatic carbocycles. The minimum absolute atomic E-state index is 0.00268. The minimum Gasteiger partial charge on any atom is -0.368 e. The van der Waals surface area contributed by atoms with Gasteiger partial charge in [0.25, 0.3) is 0 Å². The van der Waals surface area contributed by atoms with Crippen molar-refractivity contribution < 1.29 is 24.0 Å². The number of nitrogens with two attached hydrogens (primary N) is 1. The molecule has 0 spiro atoms. The molecule has 0 aliphatic heterocycles. The molecule has 0 saturated heterocycles. The van der Waals surface area contributed by atoms with Crippen molar-refractivity contribution in [3.8, 4) is 0 Å². The molecule has 3 amide bonds. The maximum absolute atomic E-state index is 12.7. The second kappa shape index (κ2) is 15.6. The Bertz CT molecular complexity index is 890. The Balaban J connectivity index is 2.59. The van der Waals surface area contributed by atoms with Crippen molar-refractivity contribution in [1.29, 1.82) is 0 Å². The Hall–Kier alpha value is -2.33. The molecule has 35 heavy (non-hydrogen) atoms. The summed E-state index contributed by atoms with van der Waals surface area (Å²) in [6, 6.07) is 6.47. The third kappa shape index (κ3) is 12.3. The summed E-state index contributed by atoms with van der Waals surface area (Å²) in [6.45, 7) is 8.80. The zero-order chi connectivity index (χ0) is 26.5. The van der Waals surface area contributed by atoms with Crippen LogP contribution >= 0.6 is 23.5 Å². The summed E-state index contributed by atoms with van der Waals surface area (Å²) in [7, 11) is 0. The van der Waals surface area contributed by atoms with Gasteiger partial charge in [0, 0.05) is 25.4 Å². The number of carbonyl (C=O) groups excluding carboxylic acids is 5. The summed E-state index contributed by atoms with van der Waals surface area (Å²) in [5.74, 6) is -0.496. The summed E-state index contributed by atoms with van der Waals surface area (Å²) < 4.78 is 0. The van der Waals surface area contributed by atoms with Gasteiger partial charge in [-0.25, -0.2) is 0 Å². The molecule has 4 N–H and O–H groups in total. The molecule has 3 atom stereocenters. The lowest BCUT2D eigenvalue weighted by atomic mass is 9.97. The Kier molecular flexibility index (Phi) is 13.7. The van der Waals surface area contributed by atoms with E-state index in [2.05, 4.69) is 36.6 Å². The van der Waals surface area contributed by atoms with Gasteiger partial charge in [0.05, 0.1) is 12.0 Å². The van der Waals surface area contributed by atoms with Gasteiger partial charge in [-0.05, 0) is 36.3 Å². The lowest BCUT2D eigenvalue weighted by Gasteiger charge is -2.18. The van der Waals surface area contributed by atoms with Gasteiger partial charge in [-0.15, -0.1) is 0 Å². The number of amides is 3. The molecule has 0 saturated carbocycles. The van der Waals surface area contributed by atoms with Gasteiger partial charge in [-0.3, -0.25) is 24.0 Å². The molecule has 0 radical (unpaired) electrons. The number of benzene rings is 1. The topological polar surface area (TPSA) is 135 Å². The number of primary amides is 1. The highest BCUT2D eigenvalue weighted by atomic mass is 32.2. The number of thioether (sulfide) groups is 2. The summed E-state index contributed by atoms with van der Waals surface area (Å²) in [5.41, 5.74) is 7.46. The first-order valence-electron chi connectivity index (χ1n) is 11.7. The molecule has 194 valence electrons. The predicted octanol–water partition coefficient (Wildman–Crippen LogP) is 2.78. The van der Waals surface area contributed by atoms with Crippen LogP contribution in [-0.4, -0.2) is 51.5 Å². The Morgan fingerprint density at radius 1 is 0.800 bits per heavy atom. The highest BCUT2D eigenvalue weighted by molar-refractivity contribution is 8.14. The van der Waals surface area contributed by atoms with Crippen LogP contribution in [0.25, 0.3) is 0 Å². The van der Waals surface area contributed by atoms with Crippen molar-refractivity contribution in [3.05, 3.63) is 35.4 Å². The van der Waals surface area contributed by atoms with Crippen LogP contribution in [0.15, 0.2) is 24.3 Å². The molecule has 1 rings (SSSR count). The van der Waals surface area contributed by atoms with E-state index in [0.29, 0.717) is 18.1 Å². The van der Waals surface area contributed by atoms with E-state index in [9.17, 15) is 24.0 Å². The van der Waals surface area contributed by atoms with E-state index in [1.54, 1.807) is 0 Å². The summed E-state index contributed by atoms with van der Waals surface area (Å²) >= 11 is 2.11. The van der Waals surface area contributed by atoms with Crippen molar-refractivity contribution in [2.24, 2.45) is 11.7 Å². The number of hydrogen-bond acceptors (Lipinski definition) is 7. The van der Waals surface area contributed by atoms with Crippen LogP contribution in [0, 0.1) is 5.92 Å². The molecular weight excluding hydrogens is 486 g/mol. The fraction of sp³-hybridized carbons (Fsp3) is 0.560. The van der Waals surface area contributed by atoms with Crippen molar-refractivity contribution in [1.82, 2.24) is 10.6 Å². The zero-order valence-electron chi connectivity index (χ0n) is 21.1. The van der Waals surface area contributed by atoms with Gasteiger partial charge in [0.15, 0.2) is 5.12 Å². The highest BCUT2D eigenvalue weighted by Crippen LogP contribution is 2.24. The number of carbonyl (C=O) groups is 5. The van der Waals surface area contributed by atoms with E-state index in [4.69, 9.17) is 5.73 Å². The molecule has 0 aliphatic rings. The Morgan fingerprint density at radius 3 is 1.77 bits per heavy atom. The van der Waals surface area contributed by atoms with E-state index >= 15 is 0 Å². The molecule has 0 aromatic heterocycles. The van der Waals surface area contributed by atoms with Crippen molar-refractivity contribution in [3.63, 3.8) is 0 Å². The van der Waals surface area contributed by atoms with Crippen molar-refractivity contribution >= 4 is 51.5 Å². The van der Waals surface area contributed by atoms with Crippen LogP contribution in [-0.2, 0) is 30.4 Å². The van der Waals surface area contributed by atoms with Crippen LogP contribution in [0.4, 0.5) is 0 Å². The quantitative estimate of drug-likeness (QED) is 0.341. The molecule has 8 nitrogen and oxygen atoms in total. The average molecular weight is 524 g/mol. The summed E-state index contributed by atoms with van der Waals surface area (Å²) in [6.07, 6.45) is 1.48. The number of nitrogens with one attached hydrogen (secondary N) is 2. The molecule has 0 bridgehead atoms. The second-order valence-corrected chi connectivity index (χ2v) is 11.1. The monoisotopic (exact) mass is 523 g/mol. The van der Waals surface area contributed by atoms with Gasteiger partial charge < -0.3 is 16.4 Å². The molecule has 1 aromatic carbocycles. The van der Waals surface area contributed by atoms with Crippen LogP contribution in [0.5, 0.6) is 0 Å². The van der Waals surface area contributed by atoms with E-state index < -0.39 is 18.0 Å². The van der Waals surface area contributed by atoms with Gasteiger partial charge in [-0.2, -0.15) is 0 Å². The fourth-order valence-corrected chi connectivity index (χ4v) is 5.23. The summed E-state index contributed by atoms with van der Waals surface area (Å²) in [4.78, 5) is 59.5. The SMILES string of the molecule is CC(=O)NC(CCSC(=O)C(CCSC(=O)C(C)c1ccc(CC(C)C)cc1)NC(C)=O)C(N)=O. The smallest absolute Gasteiger partial charge is 0.240 e. The van der Waals surface area contributed by atoms with Crippen LogP contribution < -0.4 is 16.4 Å².